The number of aryl methyl sites for hydroxylation is 1. The largest absolute Gasteiger partial charge is 0.341 e. The third kappa shape index (κ3) is 4.60. The zero-order valence-electron chi connectivity index (χ0n) is 15.1. The Morgan fingerprint density at radius 2 is 1.66 bits per heavy atom. The van der Waals surface area contributed by atoms with Gasteiger partial charge in [0.25, 0.3) is 0 Å². The van der Waals surface area contributed by atoms with Crippen molar-refractivity contribution in [1.29, 1.82) is 0 Å². The second kappa shape index (κ2) is 8.26. The summed E-state index contributed by atoms with van der Waals surface area (Å²) in [4.78, 5) is 11.8. The van der Waals surface area contributed by atoms with Crippen molar-refractivity contribution >= 4 is 33.6 Å². The summed E-state index contributed by atoms with van der Waals surface area (Å²) >= 11 is 5.90. The number of hydrogen-bond acceptors (Lipinski definition) is 4. The van der Waals surface area contributed by atoms with E-state index in [4.69, 9.17) is 11.6 Å². The van der Waals surface area contributed by atoms with E-state index in [1.807, 2.05) is 0 Å². The molecule has 150 valence electrons. The van der Waals surface area contributed by atoms with Crippen LogP contribution in [0.25, 0.3) is 17.8 Å². The van der Waals surface area contributed by atoms with E-state index in [0.29, 0.717) is 16.3 Å². The number of nitrogens with zero attached hydrogens (tertiary/aromatic N) is 2. The molecule has 29 heavy (non-hydrogen) atoms. The van der Waals surface area contributed by atoms with Crippen molar-refractivity contribution in [2.75, 3.05) is 0 Å². The maximum Gasteiger partial charge on any atom is 0.341 e. The van der Waals surface area contributed by atoms with Crippen LogP contribution in [0.3, 0.4) is 0 Å². The standard InChI is InChI=1S/C20H15ClF2N2O3S/c1-13-12-19(26)18(24-25(13)16-7-5-15(21)6-8-16)11-4-14-2-9-17(10-3-14)29(27,28)20(22)23/h2-12,20H,1H3/b11-4+. The van der Waals surface area contributed by atoms with Gasteiger partial charge in [-0.3, -0.25) is 4.79 Å². The summed E-state index contributed by atoms with van der Waals surface area (Å²) in [5, 5.41) is 4.92. The third-order valence-electron chi connectivity index (χ3n) is 4.08. The van der Waals surface area contributed by atoms with Crippen LogP contribution in [0, 0.1) is 6.92 Å². The fraction of sp³-hybridized carbons (Fsp3) is 0.100. The number of halogens is 3. The van der Waals surface area contributed by atoms with Crippen molar-refractivity contribution in [2.24, 2.45) is 0 Å². The Morgan fingerprint density at radius 1 is 1.03 bits per heavy atom. The first-order valence-corrected chi connectivity index (χ1v) is 10.3. The van der Waals surface area contributed by atoms with Gasteiger partial charge in [0.2, 0.25) is 15.3 Å². The highest BCUT2D eigenvalue weighted by molar-refractivity contribution is 7.91. The predicted molar refractivity (Wildman–Crippen MR) is 108 cm³/mol. The molecule has 0 aliphatic heterocycles. The van der Waals surface area contributed by atoms with E-state index in [-0.39, 0.29) is 11.1 Å². The molecule has 0 saturated carbocycles. The molecule has 1 aromatic heterocycles. The highest BCUT2D eigenvalue weighted by Gasteiger charge is 2.26. The average molecular weight is 437 g/mol. The Kier molecular flexibility index (Phi) is 5.95. The van der Waals surface area contributed by atoms with Crippen molar-refractivity contribution < 1.29 is 17.2 Å². The lowest BCUT2D eigenvalue weighted by atomic mass is 10.2. The molecule has 3 rings (SSSR count). The Hall–Kier alpha value is -2.84. The first-order valence-electron chi connectivity index (χ1n) is 8.35. The molecular formula is C20H15ClF2N2O3S. The van der Waals surface area contributed by atoms with Crippen LogP contribution in [0.15, 0.2) is 64.3 Å². The quantitative estimate of drug-likeness (QED) is 0.596. The monoisotopic (exact) mass is 436 g/mol. The molecule has 0 bridgehead atoms. The van der Waals surface area contributed by atoms with E-state index < -0.39 is 20.5 Å². The van der Waals surface area contributed by atoms with Crippen LogP contribution in [0.5, 0.6) is 0 Å². The van der Waals surface area contributed by atoms with Crippen molar-refractivity contribution in [3.63, 3.8) is 0 Å². The van der Waals surface area contributed by atoms with Crippen molar-refractivity contribution in [2.45, 2.75) is 17.6 Å². The summed E-state index contributed by atoms with van der Waals surface area (Å²) < 4.78 is 49.7. The molecule has 9 heteroatoms. The first-order chi connectivity index (χ1) is 13.7. The molecule has 0 aliphatic carbocycles. The minimum atomic E-state index is -4.64. The fourth-order valence-electron chi connectivity index (χ4n) is 2.57. The van der Waals surface area contributed by atoms with Crippen LogP contribution in [0.1, 0.15) is 17.0 Å². The van der Waals surface area contributed by atoms with Crippen LogP contribution >= 0.6 is 11.6 Å². The van der Waals surface area contributed by atoms with E-state index in [9.17, 15) is 22.0 Å². The molecule has 2 aromatic carbocycles. The van der Waals surface area contributed by atoms with Gasteiger partial charge in [0.05, 0.1) is 10.6 Å². The van der Waals surface area contributed by atoms with Gasteiger partial charge in [-0.05, 0) is 55.0 Å². The average Bonchev–Trinajstić information content (AvgIpc) is 2.68. The Morgan fingerprint density at radius 3 is 2.24 bits per heavy atom. The molecule has 0 spiro atoms. The molecule has 0 atom stereocenters. The second-order valence-electron chi connectivity index (χ2n) is 6.13. The van der Waals surface area contributed by atoms with Gasteiger partial charge in [0.1, 0.15) is 5.69 Å². The SMILES string of the molecule is Cc1cc(=O)c(/C=C/c2ccc(S(=O)(=O)C(F)F)cc2)nn1-c1ccc(Cl)cc1. The van der Waals surface area contributed by atoms with Gasteiger partial charge in [0.15, 0.2) is 0 Å². The number of sulfone groups is 1. The van der Waals surface area contributed by atoms with Crippen LogP contribution in [-0.4, -0.2) is 24.0 Å². The molecule has 0 amide bonds. The van der Waals surface area contributed by atoms with E-state index in [0.717, 1.165) is 17.8 Å². The topological polar surface area (TPSA) is 69.0 Å². The second-order valence-corrected chi connectivity index (χ2v) is 8.49. The lowest BCUT2D eigenvalue weighted by molar-refractivity contribution is 0.234. The molecule has 3 aromatic rings. The van der Waals surface area contributed by atoms with Crippen molar-refractivity contribution in [3.05, 3.63) is 86.8 Å². The summed E-state index contributed by atoms with van der Waals surface area (Å²) in [5.41, 5.74) is 1.76. The number of hydrogen-bond donors (Lipinski definition) is 0. The van der Waals surface area contributed by atoms with Gasteiger partial charge in [0, 0.05) is 16.8 Å². The molecule has 0 unspecified atom stereocenters. The summed E-state index contributed by atoms with van der Waals surface area (Å²) in [6.45, 7) is 1.75. The van der Waals surface area contributed by atoms with Crippen LogP contribution < -0.4 is 5.43 Å². The molecule has 0 aliphatic rings. The third-order valence-corrected chi connectivity index (χ3v) is 5.73. The van der Waals surface area contributed by atoms with Gasteiger partial charge < -0.3 is 0 Å². The molecule has 5 nitrogen and oxygen atoms in total. The van der Waals surface area contributed by atoms with E-state index >= 15 is 0 Å². The highest BCUT2D eigenvalue weighted by Crippen LogP contribution is 2.19. The molecule has 0 fully saturated rings. The fourth-order valence-corrected chi connectivity index (χ4v) is 3.41. The molecule has 0 N–H and O–H groups in total. The molecule has 1 heterocycles. The first kappa shape index (κ1) is 20.9. The van der Waals surface area contributed by atoms with Gasteiger partial charge in [-0.15, -0.1) is 0 Å². The summed E-state index contributed by atoms with van der Waals surface area (Å²) in [6.07, 6.45) is 3.02. The Bertz CT molecular complexity index is 1220. The number of alkyl halides is 2. The minimum Gasteiger partial charge on any atom is -0.287 e. The van der Waals surface area contributed by atoms with E-state index in [2.05, 4.69) is 5.10 Å². The van der Waals surface area contributed by atoms with Gasteiger partial charge in [-0.1, -0.05) is 29.8 Å². The summed E-state index contributed by atoms with van der Waals surface area (Å²) in [6, 6.07) is 13.3. The predicted octanol–water partition coefficient (Wildman–Crippen LogP) is 4.36. The Labute approximate surface area is 170 Å². The molecule has 0 saturated heterocycles. The van der Waals surface area contributed by atoms with Crippen molar-refractivity contribution in [3.8, 4) is 5.69 Å². The van der Waals surface area contributed by atoms with E-state index in [1.165, 1.54) is 24.3 Å². The number of aromatic nitrogens is 2. The van der Waals surface area contributed by atoms with Gasteiger partial charge in [-0.25, -0.2) is 13.1 Å². The number of benzene rings is 2. The number of rotatable bonds is 5. The van der Waals surface area contributed by atoms with E-state index in [1.54, 1.807) is 41.9 Å². The molecular weight excluding hydrogens is 422 g/mol. The minimum absolute atomic E-state index is 0.162. The zero-order chi connectivity index (χ0) is 21.2. The van der Waals surface area contributed by atoms with Crippen LogP contribution in [0.2, 0.25) is 5.02 Å². The highest BCUT2D eigenvalue weighted by atomic mass is 35.5. The van der Waals surface area contributed by atoms with Gasteiger partial charge in [-0.2, -0.15) is 13.9 Å². The zero-order valence-corrected chi connectivity index (χ0v) is 16.7. The van der Waals surface area contributed by atoms with Crippen LogP contribution in [0.4, 0.5) is 8.78 Å². The summed E-state index contributed by atoms with van der Waals surface area (Å²) in [7, 11) is -4.64. The summed E-state index contributed by atoms with van der Waals surface area (Å²) in [5.74, 6) is -3.48. The lowest BCUT2D eigenvalue weighted by Crippen LogP contribution is -2.16. The maximum atomic E-state index is 12.6. The lowest BCUT2D eigenvalue weighted by Gasteiger charge is -2.10. The van der Waals surface area contributed by atoms with Gasteiger partial charge >= 0.3 is 5.76 Å². The van der Waals surface area contributed by atoms with Crippen LogP contribution in [-0.2, 0) is 9.84 Å². The smallest absolute Gasteiger partial charge is 0.287 e. The maximum absolute atomic E-state index is 12.6. The van der Waals surface area contributed by atoms with Crippen molar-refractivity contribution in [1.82, 2.24) is 9.78 Å². The Balaban J connectivity index is 1.92. The molecule has 0 radical (unpaired) electrons. The normalized spacial score (nSPS) is 12.0.